The van der Waals surface area contributed by atoms with Crippen LogP contribution in [-0.4, -0.2) is 49.1 Å². The zero-order valence-electron chi connectivity index (χ0n) is 12.7. The quantitative estimate of drug-likeness (QED) is 0.843. The minimum atomic E-state index is -0.438. The molecule has 2 aliphatic rings. The van der Waals surface area contributed by atoms with Crippen LogP contribution in [0.5, 0.6) is 11.5 Å². The summed E-state index contributed by atoms with van der Waals surface area (Å²) in [4.78, 5) is 25.4. The maximum absolute atomic E-state index is 12.3. The number of ether oxygens (including phenoxy) is 3. The monoisotopic (exact) mass is 338 g/mol. The second-order valence-electron chi connectivity index (χ2n) is 4.99. The second kappa shape index (κ2) is 6.99. The van der Waals surface area contributed by atoms with Gasteiger partial charge in [0.25, 0.3) is 0 Å². The molecule has 1 saturated heterocycles. The molecule has 8 heteroatoms. The molecule has 1 N–H and O–H groups in total. The number of benzene rings is 1. The SMILES string of the molecule is CCOC(=O)CNC(=O)N1CCS[C@@H]1c1ccc2c(c1)OCO2. The zero-order valence-corrected chi connectivity index (χ0v) is 13.6. The highest BCUT2D eigenvalue weighted by molar-refractivity contribution is 7.99. The Morgan fingerprint density at radius 1 is 1.39 bits per heavy atom. The number of urea groups is 1. The van der Waals surface area contributed by atoms with Crippen molar-refractivity contribution >= 4 is 23.8 Å². The maximum atomic E-state index is 12.3. The molecule has 1 aromatic carbocycles. The first-order valence-electron chi connectivity index (χ1n) is 7.40. The van der Waals surface area contributed by atoms with E-state index in [-0.39, 0.29) is 24.7 Å². The van der Waals surface area contributed by atoms with Crippen molar-refractivity contribution in [1.82, 2.24) is 10.2 Å². The molecule has 0 spiro atoms. The zero-order chi connectivity index (χ0) is 16.2. The molecule has 1 fully saturated rings. The van der Waals surface area contributed by atoms with Crippen LogP contribution in [0.1, 0.15) is 17.9 Å². The van der Waals surface area contributed by atoms with Gasteiger partial charge in [0, 0.05) is 12.3 Å². The van der Waals surface area contributed by atoms with Crippen LogP contribution >= 0.6 is 11.8 Å². The number of fused-ring (bicyclic) bond motifs is 1. The van der Waals surface area contributed by atoms with Gasteiger partial charge in [0.15, 0.2) is 11.5 Å². The van der Waals surface area contributed by atoms with E-state index in [0.29, 0.717) is 18.9 Å². The van der Waals surface area contributed by atoms with Crippen LogP contribution in [0.15, 0.2) is 18.2 Å². The number of carbonyl (C=O) groups excluding carboxylic acids is 2. The van der Waals surface area contributed by atoms with Crippen LogP contribution in [0.25, 0.3) is 0 Å². The van der Waals surface area contributed by atoms with Crippen LogP contribution < -0.4 is 14.8 Å². The van der Waals surface area contributed by atoms with Crippen LogP contribution in [0.3, 0.4) is 0 Å². The lowest BCUT2D eigenvalue weighted by molar-refractivity contribution is -0.141. The first kappa shape index (κ1) is 15.8. The van der Waals surface area contributed by atoms with Gasteiger partial charge in [-0.3, -0.25) is 4.79 Å². The molecule has 124 valence electrons. The van der Waals surface area contributed by atoms with E-state index in [2.05, 4.69) is 5.32 Å². The number of carbonyl (C=O) groups is 2. The lowest BCUT2D eigenvalue weighted by Gasteiger charge is -2.24. The molecule has 0 aromatic heterocycles. The van der Waals surface area contributed by atoms with Crippen molar-refractivity contribution in [1.29, 1.82) is 0 Å². The van der Waals surface area contributed by atoms with Gasteiger partial charge in [-0.25, -0.2) is 4.79 Å². The standard InChI is InChI=1S/C15H18N2O5S/c1-2-20-13(18)8-16-15(19)17-5-6-23-14(17)10-3-4-11-12(7-10)22-9-21-11/h3-4,7,14H,2,5-6,8-9H2,1H3,(H,16,19)/t14-/m1/s1. The fraction of sp³-hybridized carbons (Fsp3) is 0.467. The highest BCUT2D eigenvalue weighted by Crippen LogP contribution is 2.42. The minimum Gasteiger partial charge on any atom is -0.465 e. The predicted molar refractivity (Wildman–Crippen MR) is 84.5 cm³/mol. The molecule has 0 saturated carbocycles. The summed E-state index contributed by atoms with van der Waals surface area (Å²) < 4.78 is 15.5. The van der Waals surface area contributed by atoms with E-state index >= 15 is 0 Å². The number of amides is 2. The van der Waals surface area contributed by atoms with E-state index in [1.54, 1.807) is 23.6 Å². The summed E-state index contributed by atoms with van der Waals surface area (Å²) in [6, 6.07) is 5.41. The van der Waals surface area contributed by atoms with Crippen LogP contribution in [0.2, 0.25) is 0 Å². The third-order valence-electron chi connectivity index (χ3n) is 3.52. The summed E-state index contributed by atoms with van der Waals surface area (Å²) in [5.41, 5.74) is 0.975. The normalized spacial score (nSPS) is 18.8. The largest absolute Gasteiger partial charge is 0.465 e. The van der Waals surface area contributed by atoms with Crippen molar-refractivity contribution in [2.75, 3.05) is 32.2 Å². The van der Waals surface area contributed by atoms with Crippen molar-refractivity contribution in [2.45, 2.75) is 12.3 Å². The fourth-order valence-electron chi connectivity index (χ4n) is 2.48. The number of hydrogen-bond acceptors (Lipinski definition) is 6. The summed E-state index contributed by atoms with van der Waals surface area (Å²) in [6.07, 6.45) is 0. The van der Waals surface area contributed by atoms with Gasteiger partial charge in [0.2, 0.25) is 6.79 Å². The van der Waals surface area contributed by atoms with E-state index in [1.165, 1.54) is 0 Å². The van der Waals surface area contributed by atoms with Crippen molar-refractivity contribution < 1.29 is 23.8 Å². The molecule has 23 heavy (non-hydrogen) atoms. The number of rotatable bonds is 4. The number of thioether (sulfide) groups is 1. The average Bonchev–Trinajstić information content (AvgIpc) is 3.20. The summed E-state index contributed by atoms with van der Waals surface area (Å²) in [5.74, 6) is 1.82. The van der Waals surface area contributed by atoms with Gasteiger partial charge in [-0.1, -0.05) is 6.07 Å². The number of esters is 1. The summed E-state index contributed by atoms with van der Waals surface area (Å²) in [7, 11) is 0. The van der Waals surface area contributed by atoms with Crippen LogP contribution in [-0.2, 0) is 9.53 Å². The van der Waals surface area contributed by atoms with Gasteiger partial charge in [-0.2, -0.15) is 0 Å². The minimum absolute atomic E-state index is 0.105. The molecule has 1 atom stereocenters. The van der Waals surface area contributed by atoms with E-state index in [1.807, 2.05) is 18.2 Å². The molecule has 0 unspecified atom stereocenters. The molecule has 1 aromatic rings. The highest BCUT2D eigenvalue weighted by Gasteiger charge is 2.32. The Balaban J connectivity index is 1.65. The Bertz CT molecular complexity index is 610. The number of nitrogens with one attached hydrogen (secondary N) is 1. The Morgan fingerprint density at radius 2 is 2.22 bits per heavy atom. The smallest absolute Gasteiger partial charge is 0.325 e. The number of hydrogen-bond donors (Lipinski definition) is 1. The average molecular weight is 338 g/mol. The highest BCUT2D eigenvalue weighted by atomic mass is 32.2. The van der Waals surface area contributed by atoms with Gasteiger partial charge >= 0.3 is 12.0 Å². The van der Waals surface area contributed by atoms with Crippen LogP contribution in [0, 0.1) is 0 Å². The first-order valence-corrected chi connectivity index (χ1v) is 8.45. The lowest BCUT2D eigenvalue weighted by atomic mass is 10.2. The van der Waals surface area contributed by atoms with Crippen molar-refractivity contribution in [3.05, 3.63) is 23.8 Å². The molecule has 2 aliphatic heterocycles. The van der Waals surface area contributed by atoms with Crippen LogP contribution in [0.4, 0.5) is 4.79 Å². The van der Waals surface area contributed by atoms with E-state index in [9.17, 15) is 9.59 Å². The molecule has 0 aliphatic carbocycles. The summed E-state index contributed by atoms with van der Waals surface area (Å²) in [6.45, 7) is 2.75. The molecule has 0 radical (unpaired) electrons. The summed E-state index contributed by atoms with van der Waals surface area (Å²) >= 11 is 1.67. The van der Waals surface area contributed by atoms with Crippen molar-refractivity contribution in [3.63, 3.8) is 0 Å². The first-order chi connectivity index (χ1) is 11.2. The maximum Gasteiger partial charge on any atom is 0.325 e. The van der Waals surface area contributed by atoms with Gasteiger partial charge in [0.1, 0.15) is 11.9 Å². The molecular weight excluding hydrogens is 320 g/mol. The molecule has 7 nitrogen and oxygen atoms in total. The number of nitrogens with zero attached hydrogens (tertiary/aromatic N) is 1. The van der Waals surface area contributed by atoms with Gasteiger partial charge < -0.3 is 24.4 Å². The Hall–Kier alpha value is -2.09. The van der Waals surface area contributed by atoms with E-state index < -0.39 is 5.97 Å². The topological polar surface area (TPSA) is 77.1 Å². The van der Waals surface area contributed by atoms with E-state index in [0.717, 1.165) is 17.1 Å². The molecule has 2 heterocycles. The van der Waals surface area contributed by atoms with Crippen molar-refractivity contribution in [3.8, 4) is 11.5 Å². The third-order valence-corrected chi connectivity index (χ3v) is 4.78. The third kappa shape index (κ3) is 3.47. The Labute approximate surface area is 138 Å². The fourth-order valence-corrected chi connectivity index (χ4v) is 3.73. The predicted octanol–water partition coefficient (Wildman–Crippen LogP) is 1.74. The molecular formula is C15H18N2O5S. The van der Waals surface area contributed by atoms with Gasteiger partial charge in [-0.05, 0) is 24.6 Å². The Kier molecular flexibility index (Phi) is 4.80. The van der Waals surface area contributed by atoms with Gasteiger partial charge in [-0.15, -0.1) is 11.8 Å². The van der Waals surface area contributed by atoms with Gasteiger partial charge in [0.05, 0.1) is 6.61 Å². The van der Waals surface area contributed by atoms with Crippen molar-refractivity contribution in [2.24, 2.45) is 0 Å². The molecule has 2 amide bonds. The van der Waals surface area contributed by atoms with E-state index in [4.69, 9.17) is 14.2 Å². The Morgan fingerprint density at radius 3 is 3.04 bits per heavy atom. The molecule has 3 rings (SSSR count). The summed E-state index contributed by atoms with van der Waals surface area (Å²) in [5, 5.41) is 2.50. The molecule has 0 bridgehead atoms. The second-order valence-corrected chi connectivity index (χ2v) is 6.18. The lowest BCUT2D eigenvalue weighted by Crippen LogP contribution is -2.41.